The Bertz CT molecular complexity index is 811. The van der Waals surface area contributed by atoms with Crippen LogP contribution < -0.4 is 5.43 Å². The summed E-state index contributed by atoms with van der Waals surface area (Å²) in [5.41, 5.74) is 1.40. The molecule has 1 heterocycles. The van der Waals surface area contributed by atoms with Crippen LogP contribution in [0.15, 0.2) is 39.9 Å². The van der Waals surface area contributed by atoms with Gasteiger partial charge in [-0.05, 0) is 18.2 Å². The summed E-state index contributed by atoms with van der Waals surface area (Å²) in [5, 5.41) is 25.4. The fraction of sp³-hybridized carbons (Fsp3) is 0.154. The normalized spacial score (nSPS) is 11.2. The van der Waals surface area contributed by atoms with Gasteiger partial charge in [0.25, 0.3) is 11.4 Å². The van der Waals surface area contributed by atoms with Gasteiger partial charge in [-0.25, -0.2) is 0 Å². The first-order valence-electron chi connectivity index (χ1n) is 6.57. The first-order valence-corrected chi connectivity index (χ1v) is 7.62. The number of anilines is 1. The van der Waals surface area contributed by atoms with Gasteiger partial charge in [0.05, 0.1) is 27.9 Å². The van der Waals surface area contributed by atoms with Crippen molar-refractivity contribution in [1.29, 1.82) is 0 Å². The summed E-state index contributed by atoms with van der Waals surface area (Å²) >= 11 is 0.410. The van der Waals surface area contributed by atoms with Crippen molar-refractivity contribution < 1.29 is 23.0 Å². The fourth-order valence-corrected chi connectivity index (χ4v) is 2.18. The number of nitrogens with one attached hydrogen (secondary N) is 1. The second-order valence-corrected chi connectivity index (χ2v) is 5.44. The summed E-state index contributed by atoms with van der Waals surface area (Å²) < 4.78 is 29.4. The molecule has 0 aliphatic heterocycles. The van der Waals surface area contributed by atoms with Crippen LogP contribution in [0.1, 0.15) is 11.5 Å². The van der Waals surface area contributed by atoms with Crippen LogP contribution in [-0.2, 0) is 5.75 Å². The lowest BCUT2D eigenvalue weighted by atomic mass is 10.2. The van der Waals surface area contributed by atoms with Gasteiger partial charge in [0.2, 0.25) is 0 Å². The van der Waals surface area contributed by atoms with Crippen LogP contribution >= 0.6 is 11.8 Å². The number of thioether (sulfide) groups is 1. The highest BCUT2D eigenvalue weighted by molar-refractivity contribution is 7.98. The first-order chi connectivity index (χ1) is 11.9. The third kappa shape index (κ3) is 5.24. The maximum Gasteiger partial charge on any atom is 0.301 e. The molecule has 0 aliphatic rings. The maximum absolute atomic E-state index is 12.1. The maximum atomic E-state index is 12.1. The zero-order chi connectivity index (χ0) is 18.4. The van der Waals surface area contributed by atoms with Crippen molar-refractivity contribution >= 4 is 35.0 Å². The van der Waals surface area contributed by atoms with E-state index in [-0.39, 0.29) is 17.2 Å². The average Bonchev–Trinajstić information content (AvgIpc) is 3.00. The Balaban J connectivity index is 2.06. The Morgan fingerprint density at radius 3 is 2.64 bits per heavy atom. The number of furan rings is 1. The summed E-state index contributed by atoms with van der Waals surface area (Å²) in [4.78, 5) is 20.1. The van der Waals surface area contributed by atoms with E-state index >= 15 is 0 Å². The molecule has 0 saturated carbocycles. The second-order valence-electron chi connectivity index (χ2n) is 4.46. The van der Waals surface area contributed by atoms with Crippen LogP contribution in [0.25, 0.3) is 0 Å². The number of alkyl halides is 2. The molecule has 0 atom stereocenters. The highest BCUT2D eigenvalue weighted by Gasteiger charge is 2.19. The van der Waals surface area contributed by atoms with E-state index in [2.05, 4.69) is 10.5 Å². The number of benzene rings is 1. The monoisotopic (exact) mass is 372 g/mol. The van der Waals surface area contributed by atoms with Gasteiger partial charge in [-0.1, -0.05) is 11.8 Å². The molecular weight excluding hydrogens is 362 g/mol. The van der Waals surface area contributed by atoms with Crippen LogP contribution in [-0.4, -0.2) is 21.8 Å². The number of nitro benzene ring substituents is 2. The molecule has 0 aliphatic carbocycles. The summed E-state index contributed by atoms with van der Waals surface area (Å²) in [5.74, 6) is -1.94. The first kappa shape index (κ1) is 18.3. The van der Waals surface area contributed by atoms with Gasteiger partial charge in [0.1, 0.15) is 17.2 Å². The summed E-state index contributed by atoms with van der Waals surface area (Å²) in [7, 11) is 0. The molecule has 12 heteroatoms. The minimum Gasteiger partial charge on any atom is -0.459 e. The molecule has 0 bridgehead atoms. The molecule has 0 saturated heterocycles. The minimum absolute atomic E-state index is 0.00718. The molecule has 132 valence electrons. The smallest absolute Gasteiger partial charge is 0.301 e. The molecule has 0 radical (unpaired) electrons. The number of nitro groups is 2. The topological polar surface area (TPSA) is 124 Å². The fourth-order valence-electron chi connectivity index (χ4n) is 1.73. The van der Waals surface area contributed by atoms with Crippen LogP contribution in [0, 0.1) is 20.2 Å². The highest BCUT2D eigenvalue weighted by atomic mass is 32.2. The summed E-state index contributed by atoms with van der Waals surface area (Å²) in [6, 6.07) is 6.06. The number of rotatable bonds is 8. The van der Waals surface area contributed by atoms with Gasteiger partial charge in [0, 0.05) is 6.07 Å². The lowest BCUT2D eigenvalue weighted by Gasteiger charge is -2.01. The van der Waals surface area contributed by atoms with Crippen LogP contribution in [0.4, 0.5) is 25.8 Å². The van der Waals surface area contributed by atoms with Gasteiger partial charge >= 0.3 is 5.69 Å². The Morgan fingerprint density at radius 2 is 2.00 bits per heavy atom. The van der Waals surface area contributed by atoms with Gasteiger partial charge in [-0.2, -0.15) is 13.9 Å². The molecule has 2 rings (SSSR count). The number of nitrogens with zero attached hydrogens (tertiary/aromatic N) is 3. The summed E-state index contributed by atoms with van der Waals surface area (Å²) in [6.07, 6.45) is 1.20. The van der Waals surface area contributed by atoms with Crippen molar-refractivity contribution in [1.82, 2.24) is 0 Å². The van der Waals surface area contributed by atoms with E-state index in [0.717, 1.165) is 18.2 Å². The molecule has 1 aromatic carbocycles. The Morgan fingerprint density at radius 1 is 1.24 bits per heavy atom. The SMILES string of the molecule is O=[N+]([O-])c1ccc(N/N=C\c2ccc(CSC(F)F)o2)c([N+](=O)[O-])c1. The number of hydrazone groups is 1. The van der Waals surface area contributed by atoms with Gasteiger partial charge in [-0.15, -0.1) is 0 Å². The van der Waals surface area contributed by atoms with E-state index in [4.69, 9.17) is 4.42 Å². The molecule has 25 heavy (non-hydrogen) atoms. The largest absolute Gasteiger partial charge is 0.459 e. The third-order valence-electron chi connectivity index (χ3n) is 2.80. The zero-order valence-corrected chi connectivity index (χ0v) is 13.1. The Labute approximate surface area is 143 Å². The number of hydrogen-bond acceptors (Lipinski definition) is 8. The van der Waals surface area contributed by atoms with E-state index in [1.165, 1.54) is 18.3 Å². The molecular formula is C13H10F2N4O5S. The quantitative estimate of drug-likeness (QED) is 0.422. The van der Waals surface area contributed by atoms with Gasteiger partial charge in [0.15, 0.2) is 0 Å². The van der Waals surface area contributed by atoms with E-state index in [1.54, 1.807) is 0 Å². The molecule has 0 unspecified atom stereocenters. The molecule has 9 nitrogen and oxygen atoms in total. The molecule has 2 aromatic rings. The highest BCUT2D eigenvalue weighted by Crippen LogP contribution is 2.29. The van der Waals surface area contributed by atoms with Crippen molar-refractivity contribution in [2.75, 3.05) is 5.43 Å². The predicted octanol–water partition coefficient (Wildman–Crippen LogP) is 4.00. The molecule has 0 fully saturated rings. The van der Waals surface area contributed by atoms with Crippen molar-refractivity contribution in [3.8, 4) is 0 Å². The molecule has 0 spiro atoms. The van der Waals surface area contributed by atoms with E-state index < -0.39 is 27.0 Å². The zero-order valence-electron chi connectivity index (χ0n) is 12.3. The third-order valence-corrected chi connectivity index (χ3v) is 3.50. The lowest BCUT2D eigenvalue weighted by molar-refractivity contribution is -0.393. The summed E-state index contributed by atoms with van der Waals surface area (Å²) in [6.45, 7) is 0. The van der Waals surface area contributed by atoms with Crippen molar-refractivity contribution in [3.63, 3.8) is 0 Å². The van der Waals surface area contributed by atoms with Crippen molar-refractivity contribution in [3.05, 3.63) is 62.1 Å². The Hall–Kier alpha value is -3.02. The van der Waals surface area contributed by atoms with Gasteiger partial charge < -0.3 is 4.42 Å². The average molecular weight is 372 g/mol. The molecule has 0 amide bonds. The van der Waals surface area contributed by atoms with Crippen LogP contribution in [0.3, 0.4) is 0 Å². The van der Waals surface area contributed by atoms with Crippen molar-refractivity contribution in [2.24, 2.45) is 5.10 Å². The van der Waals surface area contributed by atoms with E-state index in [0.29, 0.717) is 17.5 Å². The van der Waals surface area contributed by atoms with Crippen molar-refractivity contribution in [2.45, 2.75) is 11.5 Å². The lowest BCUT2D eigenvalue weighted by Crippen LogP contribution is -1.98. The Kier molecular flexibility index (Phi) is 6.00. The standard InChI is InChI=1S/C13H10F2N4O5S/c14-13(15)25-7-10-3-2-9(24-10)6-16-17-11-4-1-8(18(20)21)5-12(11)19(22)23/h1-6,13,17H,7H2/b16-6-. The van der Waals surface area contributed by atoms with Crippen LogP contribution in [0.5, 0.6) is 0 Å². The molecule has 1 aromatic heterocycles. The van der Waals surface area contributed by atoms with Gasteiger partial charge in [-0.3, -0.25) is 25.7 Å². The number of halogens is 2. The molecule has 1 N–H and O–H groups in total. The number of non-ortho nitro benzene ring substituents is 1. The number of hydrogen-bond donors (Lipinski definition) is 1. The van der Waals surface area contributed by atoms with E-state index in [9.17, 15) is 29.0 Å². The van der Waals surface area contributed by atoms with E-state index in [1.807, 2.05) is 0 Å². The second kappa shape index (κ2) is 8.19. The predicted molar refractivity (Wildman–Crippen MR) is 87.0 cm³/mol. The van der Waals surface area contributed by atoms with Crippen LogP contribution in [0.2, 0.25) is 0 Å². The minimum atomic E-state index is -2.51.